The number of hydrogen-bond acceptors (Lipinski definition) is 3. The van der Waals surface area contributed by atoms with Gasteiger partial charge in [-0.1, -0.05) is 30.0 Å². The molecule has 0 aliphatic carbocycles. The van der Waals surface area contributed by atoms with Gasteiger partial charge in [0.05, 0.1) is 0 Å². The Morgan fingerprint density at radius 1 is 1.44 bits per heavy atom. The Morgan fingerprint density at radius 2 is 2.12 bits per heavy atom. The summed E-state index contributed by atoms with van der Waals surface area (Å²) < 4.78 is 4.84. The third kappa shape index (κ3) is 3.58. The Balaban J connectivity index is 2.83. The topological polar surface area (TPSA) is 43.4 Å². The van der Waals surface area contributed by atoms with Crippen LogP contribution in [-0.2, 0) is 9.53 Å². The van der Waals surface area contributed by atoms with E-state index in [-0.39, 0.29) is 5.97 Å². The molecule has 0 N–H and O–H groups in total. The number of carbonyl (C=O) groups excluding carboxylic acids is 2. The standard InChI is InChI=1S/C13H12O3/c1-10(16-11(2)15)7-8-12-5-3-4-6-13(12)9-14/h3-6,9-10H,1-2H3/t10-/m1/s1. The second-order valence-corrected chi connectivity index (χ2v) is 3.23. The number of rotatable bonds is 2. The minimum atomic E-state index is -0.475. The first-order chi connectivity index (χ1) is 7.63. The number of aldehydes is 1. The Kier molecular flexibility index (Phi) is 4.28. The van der Waals surface area contributed by atoms with Crippen LogP contribution in [0.3, 0.4) is 0 Å². The van der Waals surface area contributed by atoms with Crippen LogP contribution in [0.15, 0.2) is 24.3 Å². The van der Waals surface area contributed by atoms with Crippen molar-refractivity contribution in [2.24, 2.45) is 0 Å². The smallest absolute Gasteiger partial charge is 0.303 e. The highest BCUT2D eigenvalue weighted by molar-refractivity contribution is 5.79. The van der Waals surface area contributed by atoms with Crippen LogP contribution in [0.2, 0.25) is 0 Å². The molecule has 0 unspecified atom stereocenters. The summed E-state index contributed by atoms with van der Waals surface area (Å²) in [5.74, 6) is 5.19. The molecule has 0 fully saturated rings. The molecular weight excluding hydrogens is 204 g/mol. The van der Waals surface area contributed by atoms with Crippen molar-refractivity contribution in [1.29, 1.82) is 0 Å². The van der Waals surface area contributed by atoms with Gasteiger partial charge in [-0.3, -0.25) is 9.59 Å². The largest absolute Gasteiger partial charge is 0.450 e. The number of esters is 1. The maximum atomic E-state index is 10.7. The quantitative estimate of drug-likeness (QED) is 0.430. The van der Waals surface area contributed by atoms with Crippen LogP contribution in [-0.4, -0.2) is 18.4 Å². The first-order valence-corrected chi connectivity index (χ1v) is 4.86. The van der Waals surface area contributed by atoms with Crippen LogP contribution < -0.4 is 0 Å². The van der Waals surface area contributed by atoms with Crippen molar-refractivity contribution in [2.75, 3.05) is 0 Å². The first-order valence-electron chi connectivity index (χ1n) is 4.86. The van der Waals surface area contributed by atoms with Gasteiger partial charge < -0.3 is 4.74 Å². The van der Waals surface area contributed by atoms with E-state index >= 15 is 0 Å². The Morgan fingerprint density at radius 3 is 2.75 bits per heavy atom. The van der Waals surface area contributed by atoms with Crippen molar-refractivity contribution >= 4 is 12.3 Å². The third-order valence-electron chi connectivity index (χ3n) is 1.84. The molecule has 3 nitrogen and oxygen atoms in total. The molecule has 0 bridgehead atoms. The summed E-state index contributed by atoms with van der Waals surface area (Å²) in [6.07, 6.45) is 0.276. The van der Waals surface area contributed by atoms with Crippen molar-refractivity contribution in [3.05, 3.63) is 35.4 Å². The lowest BCUT2D eigenvalue weighted by atomic mass is 10.1. The van der Waals surface area contributed by atoms with E-state index in [2.05, 4.69) is 11.8 Å². The van der Waals surface area contributed by atoms with Crippen LogP contribution in [0, 0.1) is 11.8 Å². The van der Waals surface area contributed by atoms with E-state index in [4.69, 9.17) is 4.74 Å². The normalized spacial score (nSPS) is 10.9. The van der Waals surface area contributed by atoms with E-state index in [0.717, 1.165) is 6.29 Å². The third-order valence-corrected chi connectivity index (χ3v) is 1.84. The van der Waals surface area contributed by atoms with Gasteiger partial charge in [-0.05, 0) is 13.0 Å². The molecule has 0 aliphatic heterocycles. The Hall–Kier alpha value is -2.08. The molecule has 0 heterocycles. The minimum Gasteiger partial charge on any atom is -0.450 e. The monoisotopic (exact) mass is 216 g/mol. The van der Waals surface area contributed by atoms with Gasteiger partial charge in [-0.25, -0.2) is 0 Å². The molecule has 1 aromatic rings. The minimum absolute atomic E-state index is 0.370. The summed E-state index contributed by atoms with van der Waals surface area (Å²) in [6.45, 7) is 3.01. The Labute approximate surface area is 94.4 Å². The average molecular weight is 216 g/mol. The van der Waals surface area contributed by atoms with E-state index in [0.29, 0.717) is 11.1 Å². The van der Waals surface area contributed by atoms with Gasteiger partial charge >= 0.3 is 5.97 Å². The fourth-order valence-corrected chi connectivity index (χ4v) is 1.17. The zero-order valence-electron chi connectivity index (χ0n) is 9.19. The van der Waals surface area contributed by atoms with Gasteiger partial charge in [0.1, 0.15) is 0 Å². The number of hydrogen-bond donors (Lipinski definition) is 0. The molecule has 1 atom stereocenters. The zero-order chi connectivity index (χ0) is 12.0. The lowest BCUT2D eigenvalue weighted by molar-refractivity contribution is -0.143. The molecule has 3 heteroatoms. The lowest BCUT2D eigenvalue weighted by Gasteiger charge is -2.03. The van der Waals surface area contributed by atoms with E-state index < -0.39 is 6.10 Å². The van der Waals surface area contributed by atoms with Crippen LogP contribution in [0.1, 0.15) is 29.8 Å². The van der Waals surface area contributed by atoms with Gasteiger partial charge in [0.15, 0.2) is 12.4 Å². The van der Waals surface area contributed by atoms with Crippen molar-refractivity contribution < 1.29 is 14.3 Å². The highest BCUT2D eigenvalue weighted by Crippen LogP contribution is 2.04. The van der Waals surface area contributed by atoms with Crippen molar-refractivity contribution in [2.45, 2.75) is 20.0 Å². The second kappa shape index (κ2) is 5.72. The van der Waals surface area contributed by atoms with E-state index in [1.807, 2.05) is 0 Å². The van der Waals surface area contributed by atoms with Crippen LogP contribution >= 0.6 is 0 Å². The van der Waals surface area contributed by atoms with Crippen molar-refractivity contribution in [3.8, 4) is 11.8 Å². The molecule has 0 aliphatic rings. The molecule has 1 rings (SSSR count). The summed E-state index contributed by atoms with van der Waals surface area (Å²) in [5.41, 5.74) is 1.17. The highest BCUT2D eigenvalue weighted by Gasteiger charge is 2.00. The fourth-order valence-electron chi connectivity index (χ4n) is 1.17. The molecule has 0 radical (unpaired) electrons. The lowest BCUT2D eigenvalue weighted by Crippen LogP contribution is -2.09. The molecular formula is C13H12O3. The van der Waals surface area contributed by atoms with E-state index in [9.17, 15) is 9.59 Å². The number of benzene rings is 1. The maximum Gasteiger partial charge on any atom is 0.303 e. The average Bonchev–Trinajstić information content (AvgIpc) is 2.26. The molecule has 0 saturated carbocycles. The SMILES string of the molecule is CC(=O)O[C@H](C)C#Cc1ccccc1C=O. The van der Waals surface area contributed by atoms with Gasteiger partial charge in [0.2, 0.25) is 0 Å². The summed E-state index contributed by atoms with van der Waals surface area (Å²) in [6, 6.07) is 7.00. The Bertz CT molecular complexity index is 452. The molecule has 0 saturated heterocycles. The van der Waals surface area contributed by atoms with Crippen molar-refractivity contribution in [1.82, 2.24) is 0 Å². The summed E-state index contributed by atoms with van der Waals surface area (Å²) >= 11 is 0. The predicted molar refractivity (Wildman–Crippen MR) is 59.9 cm³/mol. The molecule has 82 valence electrons. The predicted octanol–water partition coefficient (Wildman–Crippen LogP) is 1.80. The van der Waals surface area contributed by atoms with E-state index in [1.54, 1.807) is 31.2 Å². The molecule has 1 aromatic carbocycles. The molecule has 0 aromatic heterocycles. The van der Waals surface area contributed by atoms with Gasteiger partial charge in [-0.2, -0.15) is 0 Å². The molecule has 16 heavy (non-hydrogen) atoms. The van der Waals surface area contributed by atoms with Crippen LogP contribution in [0.25, 0.3) is 0 Å². The first kappa shape index (κ1) is 12.0. The van der Waals surface area contributed by atoms with Crippen molar-refractivity contribution in [3.63, 3.8) is 0 Å². The van der Waals surface area contributed by atoms with Crippen LogP contribution in [0.4, 0.5) is 0 Å². The maximum absolute atomic E-state index is 10.7. The summed E-state index contributed by atoms with van der Waals surface area (Å²) in [7, 11) is 0. The molecule has 0 spiro atoms. The van der Waals surface area contributed by atoms with Gasteiger partial charge in [0, 0.05) is 18.1 Å². The number of ether oxygens (including phenoxy) is 1. The van der Waals surface area contributed by atoms with Gasteiger partial charge in [0.25, 0.3) is 0 Å². The number of carbonyl (C=O) groups is 2. The fraction of sp³-hybridized carbons (Fsp3) is 0.231. The summed E-state index contributed by atoms with van der Waals surface area (Å²) in [4.78, 5) is 21.3. The zero-order valence-corrected chi connectivity index (χ0v) is 9.19. The summed E-state index contributed by atoms with van der Waals surface area (Å²) in [5, 5.41) is 0. The second-order valence-electron chi connectivity index (χ2n) is 3.23. The van der Waals surface area contributed by atoms with Gasteiger partial charge in [-0.15, -0.1) is 0 Å². The highest BCUT2D eigenvalue weighted by atomic mass is 16.5. The van der Waals surface area contributed by atoms with Crippen LogP contribution in [0.5, 0.6) is 0 Å². The van der Waals surface area contributed by atoms with E-state index in [1.165, 1.54) is 6.92 Å². The molecule has 0 amide bonds.